The Morgan fingerprint density at radius 3 is 1.45 bits per heavy atom. The minimum atomic E-state index is 0.643. The van der Waals surface area contributed by atoms with Gasteiger partial charge in [0, 0.05) is 34.5 Å². The van der Waals surface area contributed by atoms with E-state index in [-0.39, 0.29) is 0 Å². The Morgan fingerprint density at radius 1 is 0.333 bits per heavy atom. The first-order valence-electron chi connectivity index (χ1n) is 14.0. The fraction of sp³-hybridized carbons (Fsp3) is 0. The van der Waals surface area contributed by atoms with Gasteiger partial charge in [0.15, 0.2) is 17.5 Å². The van der Waals surface area contributed by atoms with E-state index in [1.54, 1.807) is 0 Å². The van der Waals surface area contributed by atoms with Crippen molar-refractivity contribution >= 4 is 32.3 Å². The maximum absolute atomic E-state index is 5.07. The number of hydrogen-bond donors (Lipinski definition) is 0. The zero-order valence-corrected chi connectivity index (χ0v) is 22.6. The zero-order valence-electron chi connectivity index (χ0n) is 22.6. The summed E-state index contributed by atoms with van der Waals surface area (Å²) in [5.74, 6) is 1.96. The number of pyridine rings is 1. The molecule has 2 aromatic heterocycles. The van der Waals surface area contributed by atoms with Crippen molar-refractivity contribution in [1.29, 1.82) is 0 Å². The van der Waals surface area contributed by atoms with Crippen LogP contribution in [0.5, 0.6) is 0 Å². The first kappa shape index (κ1) is 24.1. The molecule has 4 heteroatoms. The maximum Gasteiger partial charge on any atom is 0.164 e. The van der Waals surface area contributed by atoms with Crippen LogP contribution in [0, 0.1) is 0 Å². The van der Waals surface area contributed by atoms with E-state index in [9.17, 15) is 0 Å². The van der Waals surface area contributed by atoms with Crippen molar-refractivity contribution in [3.05, 3.63) is 146 Å². The molecule has 0 aliphatic carbocycles. The summed E-state index contributed by atoms with van der Waals surface area (Å²) in [6.07, 6.45) is 3.75. The van der Waals surface area contributed by atoms with E-state index >= 15 is 0 Å². The third kappa shape index (κ3) is 4.18. The van der Waals surface area contributed by atoms with E-state index in [0.29, 0.717) is 17.5 Å². The van der Waals surface area contributed by atoms with Crippen LogP contribution in [0.1, 0.15) is 0 Å². The molecule has 0 bridgehead atoms. The molecule has 0 fully saturated rings. The van der Waals surface area contributed by atoms with Gasteiger partial charge in [-0.05, 0) is 44.1 Å². The van der Waals surface area contributed by atoms with Gasteiger partial charge >= 0.3 is 0 Å². The molecule has 6 aromatic carbocycles. The second kappa shape index (κ2) is 10.0. The van der Waals surface area contributed by atoms with Gasteiger partial charge in [0.05, 0.1) is 0 Å². The van der Waals surface area contributed by atoms with Crippen LogP contribution in [0.2, 0.25) is 0 Å². The fourth-order valence-corrected chi connectivity index (χ4v) is 5.76. The molecule has 42 heavy (non-hydrogen) atoms. The van der Waals surface area contributed by atoms with Gasteiger partial charge in [-0.3, -0.25) is 4.98 Å². The lowest BCUT2D eigenvalue weighted by Gasteiger charge is -2.12. The second-order valence-corrected chi connectivity index (χ2v) is 10.3. The Kier molecular flexibility index (Phi) is 5.75. The van der Waals surface area contributed by atoms with E-state index in [0.717, 1.165) is 49.2 Å². The van der Waals surface area contributed by atoms with E-state index in [4.69, 9.17) is 15.0 Å². The highest BCUT2D eigenvalue weighted by atomic mass is 15.0. The summed E-state index contributed by atoms with van der Waals surface area (Å²) < 4.78 is 0. The average Bonchev–Trinajstić information content (AvgIpc) is 3.07. The van der Waals surface area contributed by atoms with Gasteiger partial charge in [-0.25, -0.2) is 15.0 Å². The predicted molar refractivity (Wildman–Crippen MR) is 172 cm³/mol. The number of rotatable bonds is 4. The summed E-state index contributed by atoms with van der Waals surface area (Å²) in [5, 5.41) is 6.83. The van der Waals surface area contributed by atoms with Crippen molar-refractivity contribution < 1.29 is 0 Å². The fourth-order valence-electron chi connectivity index (χ4n) is 5.76. The average molecular weight is 537 g/mol. The highest BCUT2D eigenvalue weighted by molar-refractivity contribution is 5.98. The van der Waals surface area contributed by atoms with Crippen molar-refractivity contribution in [2.24, 2.45) is 0 Å². The van der Waals surface area contributed by atoms with Gasteiger partial charge in [-0.1, -0.05) is 127 Å². The molecule has 0 radical (unpaired) electrons. The minimum absolute atomic E-state index is 0.643. The second-order valence-electron chi connectivity index (χ2n) is 10.3. The molecule has 0 saturated carbocycles. The van der Waals surface area contributed by atoms with Crippen molar-refractivity contribution in [2.45, 2.75) is 0 Å². The monoisotopic (exact) mass is 536 g/mol. The number of aromatic nitrogens is 4. The van der Waals surface area contributed by atoms with E-state index < -0.39 is 0 Å². The van der Waals surface area contributed by atoms with Gasteiger partial charge in [0.2, 0.25) is 0 Å². The SMILES string of the molecule is c1cc(-c2ccc(-c3nc(-c4cccc5ccccc45)nc(-c4cccc5ccccc45)n3)cc2)c2ccncc2c1. The van der Waals surface area contributed by atoms with Gasteiger partial charge in [-0.2, -0.15) is 0 Å². The Morgan fingerprint density at radius 2 is 0.810 bits per heavy atom. The highest BCUT2D eigenvalue weighted by Crippen LogP contribution is 2.33. The Balaban J connectivity index is 1.31. The Labute approximate surface area is 243 Å². The molecule has 0 aliphatic rings. The molecule has 0 N–H and O–H groups in total. The lowest BCUT2D eigenvalue weighted by atomic mass is 9.98. The van der Waals surface area contributed by atoms with Gasteiger partial charge in [0.25, 0.3) is 0 Å². The quantitative estimate of drug-likeness (QED) is 0.225. The van der Waals surface area contributed by atoms with Crippen molar-refractivity contribution in [3.63, 3.8) is 0 Å². The molecule has 0 unspecified atom stereocenters. The van der Waals surface area contributed by atoms with Crippen LogP contribution in [0.25, 0.3) is 77.6 Å². The molecular formula is C38H24N4. The van der Waals surface area contributed by atoms with Gasteiger partial charge < -0.3 is 0 Å². The van der Waals surface area contributed by atoms with Gasteiger partial charge in [-0.15, -0.1) is 0 Å². The molecule has 8 aromatic rings. The molecule has 8 rings (SSSR count). The first-order chi connectivity index (χ1) is 20.8. The van der Waals surface area contributed by atoms with Crippen molar-refractivity contribution in [1.82, 2.24) is 19.9 Å². The number of nitrogens with zero attached hydrogens (tertiary/aromatic N) is 4. The topological polar surface area (TPSA) is 51.6 Å². The molecular weight excluding hydrogens is 512 g/mol. The van der Waals surface area contributed by atoms with Crippen LogP contribution in [-0.2, 0) is 0 Å². The highest BCUT2D eigenvalue weighted by Gasteiger charge is 2.16. The lowest BCUT2D eigenvalue weighted by Crippen LogP contribution is -2.01. The number of hydrogen-bond acceptors (Lipinski definition) is 4. The molecule has 0 saturated heterocycles. The smallest absolute Gasteiger partial charge is 0.164 e. The molecule has 196 valence electrons. The normalized spacial score (nSPS) is 11.3. The summed E-state index contributed by atoms with van der Waals surface area (Å²) in [6, 6.07) is 46.1. The molecule has 0 amide bonds. The minimum Gasteiger partial charge on any atom is -0.264 e. The molecule has 0 atom stereocenters. The van der Waals surface area contributed by atoms with Crippen LogP contribution in [0.4, 0.5) is 0 Å². The summed E-state index contributed by atoms with van der Waals surface area (Å²) in [7, 11) is 0. The maximum atomic E-state index is 5.07. The van der Waals surface area contributed by atoms with Crippen molar-refractivity contribution in [2.75, 3.05) is 0 Å². The Bertz CT molecular complexity index is 2140. The number of fused-ring (bicyclic) bond motifs is 3. The summed E-state index contributed by atoms with van der Waals surface area (Å²) >= 11 is 0. The lowest BCUT2D eigenvalue weighted by molar-refractivity contribution is 1.08. The van der Waals surface area contributed by atoms with E-state index in [1.165, 1.54) is 10.9 Å². The zero-order chi connectivity index (χ0) is 27.9. The molecule has 0 spiro atoms. The largest absolute Gasteiger partial charge is 0.264 e. The first-order valence-corrected chi connectivity index (χ1v) is 14.0. The Hall–Kier alpha value is -5.74. The van der Waals surface area contributed by atoms with E-state index in [2.05, 4.69) is 138 Å². The standard InChI is InChI=1S/C38H24N4/c1-3-13-31-25(8-1)10-5-16-34(31)37-40-36(41-38(42-37)35-17-6-11-26-9-2-4-14-32(26)35)28-20-18-27(19-21-28)30-15-7-12-29-24-39-23-22-33(29)30/h1-24H. The van der Waals surface area contributed by atoms with Crippen LogP contribution in [0.3, 0.4) is 0 Å². The van der Waals surface area contributed by atoms with E-state index in [1.807, 2.05) is 12.4 Å². The van der Waals surface area contributed by atoms with Crippen LogP contribution < -0.4 is 0 Å². The number of benzene rings is 6. The summed E-state index contributed by atoms with van der Waals surface area (Å²) in [6.45, 7) is 0. The summed E-state index contributed by atoms with van der Waals surface area (Å²) in [4.78, 5) is 19.5. The molecule has 2 heterocycles. The van der Waals surface area contributed by atoms with Crippen LogP contribution >= 0.6 is 0 Å². The predicted octanol–water partition coefficient (Wildman–Crippen LogP) is 9.39. The third-order valence-electron chi connectivity index (χ3n) is 7.83. The third-order valence-corrected chi connectivity index (χ3v) is 7.83. The van der Waals surface area contributed by atoms with Crippen LogP contribution in [0.15, 0.2) is 146 Å². The van der Waals surface area contributed by atoms with Crippen LogP contribution in [-0.4, -0.2) is 19.9 Å². The molecule has 0 aliphatic heterocycles. The van der Waals surface area contributed by atoms with Crippen molar-refractivity contribution in [3.8, 4) is 45.3 Å². The summed E-state index contributed by atoms with van der Waals surface area (Å²) in [5.41, 5.74) is 5.21. The van der Waals surface area contributed by atoms with Gasteiger partial charge in [0.1, 0.15) is 0 Å². The molecule has 4 nitrogen and oxygen atoms in total.